The van der Waals surface area contributed by atoms with Gasteiger partial charge in [-0.05, 0) is 55.6 Å². The molecule has 0 amide bonds. The smallest absolute Gasteiger partial charge is 0.268 e. The van der Waals surface area contributed by atoms with Crippen molar-refractivity contribution in [3.8, 4) is 0 Å². The fraction of sp³-hybridized carbons (Fsp3) is 0.333. The van der Waals surface area contributed by atoms with Crippen molar-refractivity contribution in [2.75, 3.05) is 13.1 Å². The molecule has 0 atom stereocenters. The molecule has 2 aromatic carbocycles. The highest BCUT2D eigenvalue weighted by molar-refractivity contribution is 7.90. The Hall–Kier alpha value is -2.11. The first-order chi connectivity index (χ1) is 12.6. The highest BCUT2D eigenvalue weighted by atomic mass is 32.2. The lowest BCUT2D eigenvalue weighted by Gasteiger charge is -2.29. The van der Waals surface area contributed by atoms with Crippen LogP contribution in [0.25, 0.3) is 10.9 Å². The molecule has 0 bridgehead atoms. The minimum absolute atomic E-state index is 0.319. The standard InChI is InChI=1S/C21H24N2O2S/c1-17-11-13-22(14-12-17)15-18-16-23(21-10-6-5-9-20(18)21)26(24,25)19-7-3-2-4-8-19/h2-10,16-17H,11-15H2,1H3. The molecule has 1 aliphatic heterocycles. The van der Waals surface area contributed by atoms with Gasteiger partial charge in [-0.25, -0.2) is 12.4 Å². The van der Waals surface area contributed by atoms with E-state index in [4.69, 9.17) is 0 Å². The monoisotopic (exact) mass is 368 g/mol. The van der Waals surface area contributed by atoms with Crippen molar-refractivity contribution in [1.82, 2.24) is 8.87 Å². The predicted molar refractivity (Wildman–Crippen MR) is 105 cm³/mol. The second-order valence-corrected chi connectivity index (χ2v) is 9.06. The zero-order valence-corrected chi connectivity index (χ0v) is 15.8. The van der Waals surface area contributed by atoms with E-state index in [0.717, 1.165) is 42.0 Å². The van der Waals surface area contributed by atoms with Gasteiger partial charge < -0.3 is 0 Å². The lowest BCUT2D eigenvalue weighted by atomic mass is 9.99. The third-order valence-electron chi connectivity index (χ3n) is 5.33. The third kappa shape index (κ3) is 3.17. The molecule has 0 saturated carbocycles. The summed E-state index contributed by atoms with van der Waals surface area (Å²) < 4.78 is 27.7. The van der Waals surface area contributed by atoms with E-state index in [1.165, 1.54) is 16.8 Å². The van der Waals surface area contributed by atoms with Crippen LogP contribution in [-0.4, -0.2) is 30.4 Å². The van der Waals surface area contributed by atoms with Crippen molar-refractivity contribution in [3.63, 3.8) is 0 Å². The normalized spacial score (nSPS) is 17.0. The summed E-state index contributed by atoms with van der Waals surface area (Å²) in [5.41, 5.74) is 1.83. The first-order valence-electron chi connectivity index (χ1n) is 9.17. The van der Waals surface area contributed by atoms with Crippen molar-refractivity contribution in [2.45, 2.75) is 31.2 Å². The molecule has 0 radical (unpaired) electrons. The fourth-order valence-corrected chi connectivity index (χ4v) is 5.12. The largest absolute Gasteiger partial charge is 0.299 e. The van der Waals surface area contributed by atoms with Crippen LogP contribution in [0, 0.1) is 5.92 Å². The Bertz CT molecular complexity index is 1000. The second-order valence-electron chi connectivity index (χ2n) is 7.24. The third-order valence-corrected chi connectivity index (χ3v) is 7.02. The van der Waals surface area contributed by atoms with Gasteiger partial charge in [0.25, 0.3) is 10.0 Å². The van der Waals surface area contributed by atoms with E-state index < -0.39 is 10.0 Å². The quantitative estimate of drug-likeness (QED) is 0.696. The fourth-order valence-electron chi connectivity index (χ4n) is 3.71. The predicted octanol–water partition coefficient (Wildman–Crippen LogP) is 4.11. The minimum Gasteiger partial charge on any atom is -0.299 e. The average molecular weight is 369 g/mol. The summed E-state index contributed by atoms with van der Waals surface area (Å²) in [7, 11) is -3.60. The number of rotatable bonds is 4. The van der Waals surface area contributed by atoms with E-state index in [-0.39, 0.29) is 0 Å². The number of hydrogen-bond donors (Lipinski definition) is 0. The summed E-state index contributed by atoms with van der Waals surface area (Å²) in [6.45, 7) is 5.25. The zero-order chi connectivity index (χ0) is 18.1. The Balaban J connectivity index is 1.75. The summed E-state index contributed by atoms with van der Waals surface area (Å²) in [6.07, 6.45) is 4.23. The van der Waals surface area contributed by atoms with Gasteiger partial charge in [-0.2, -0.15) is 0 Å². The van der Waals surface area contributed by atoms with Crippen molar-refractivity contribution < 1.29 is 8.42 Å². The molecule has 2 heterocycles. The molecule has 5 heteroatoms. The molecule has 3 aromatic rings. The number of piperidine rings is 1. The Morgan fingerprint density at radius 1 is 0.962 bits per heavy atom. The van der Waals surface area contributed by atoms with E-state index in [9.17, 15) is 8.42 Å². The van der Waals surface area contributed by atoms with Crippen LogP contribution in [0.1, 0.15) is 25.3 Å². The maximum Gasteiger partial charge on any atom is 0.268 e. The van der Waals surface area contributed by atoms with E-state index in [0.29, 0.717) is 4.90 Å². The Kier molecular flexibility index (Phi) is 4.59. The van der Waals surface area contributed by atoms with Gasteiger partial charge in [0.2, 0.25) is 0 Å². The summed E-state index contributed by atoms with van der Waals surface area (Å²) in [6, 6.07) is 16.4. The molecule has 0 N–H and O–H groups in total. The van der Waals surface area contributed by atoms with E-state index >= 15 is 0 Å². The molecule has 1 aliphatic rings. The van der Waals surface area contributed by atoms with Crippen LogP contribution in [0.2, 0.25) is 0 Å². The molecular weight excluding hydrogens is 344 g/mol. The van der Waals surface area contributed by atoms with Gasteiger partial charge in [0.1, 0.15) is 0 Å². The van der Waals surface area contributed by atoms with Gasteiger partial charge in [-0.15, -0.1) is 0 Å². The van der Waals surface area contributed by atoms with Crippen molar-refractivity contribution in [2.24, 2.45) is 5.92 Å². The van der Waals surface area contributed by atoms with Crippen LogP contribution in [-0.2, 0) is 16.6 Å². The Morgan fingerprint density at radius 2 is 1.62 bits per heavy atom. The van der Waals surface area contributed by atoms with Crippen LogP contribution in [0.15, 0.2) is 65.7 Å². The molecule has 1 aromatic heterocycles. The van der Waals surface area contributed by atoms with Crippen LogP contribution in [0.5, 0.6) is 0 Å². The summed E-state index contributed by atoms with van der Waals surface area (Å²) >= 11 is 0. The van der Waals surface area contributed by atoms with Crippen LogP contribution in [0.3, 0.4) is 0 Å². The molecular formula is C21H24N2O2S. The first-order valence-corrected chi connectivity index (χ1v) is 10.6. The topological polar surface area (TPSA) is 42.3 Å². The van der Waals surface area contributed by atoms with Gasteiger partial charge in [0.05, 0.1) is 10.4 Å². The Labute approximate surface area is 155 Å². The van der Waals surface area contributed by atoms with E-state index in [2.05, 4.69) is 11.8 Å². The molecule has 4 rings (SSSR count). The second kappa shape index (κ2) is 6.89. The van der Waals surface area contributed by atoms with Crippen LogP contribution < -0.4 is 0 Å². The number of hydrogen-bond acceptors (Lipinski definition) is 3. The number of fused-ring (bicyclic) bond motifs is 1. The maximum absolute atomic E-state index is 13.1. The molecule has 4 nitrogen and oxygen atoms in total. The molecule has 0 spiro atoms. The SMILES string of the molecule is CC1CCN(Cc2cn(S(=O)(=O)c3ccccc3)c3ccccc23)CC1. The van der Waals surface area contributed by atoms with Crippen LogP contribution >= 0.6 is 0 Å². The molecule has 136 valence electrons. The maximum atomic E-state index is 13.1. The van der Waals surface area contributed by atoms with Crippen molar-refractivity contribution in [3.05, 3.63) is 66.4 Å². The highest BCUT2D eigenvalue weighted by Crippen LogP contribution is 2.28. The van der Waals surface area contributed by atoms with Gasteiger partial charge in [-0.3, -0.25) is 4.90 Å². The van der Waals surface area contributed by atoms with Crippen molar-refractivity contribution in [1.29, 1.82) is 0 Å². The summed E-state index contributed by atoms with van der Waals surface area (Å²) in [5.74, 6) is 0.783. The van der Waals surface area contributed by atoms with Gasteiger partial charge in [0, 0.05) is 18.1 Å². The summed E-state index contributed by atoms with van der Waals surface area (Å²) in [4.78, 5) is 2.75. The highest BCUT2D eigenvalue weighted by Gasteiger charge is 2.22. The number of benzene rings is 2. The molecule has 1 fully saturated rings. The Morgan fingerprint density at radius 3 is 2.35 bits per heavy atom. The van der Waals surface area contributed by atoms with E-state index in [1.807, 2.05) is 36.5 Å². The minimum atomic E-state index is -3.60. The molecule has 26 heavy (non-hydrogen) atoms. The lowest BCUT2D eigenvalue weighted by Crippen LogP contribution is -2.32. The van der Waals surface area contributed by atoms with Gasteiger partial charge in [-0.1, -0.05) is 43.3 Å². The zero-order valence-electron chi connectivity index (χ0n) is 15.0. The molecule has 0 aliphatic carbocycles. The summed E-state index contributed by atoms with van der Waals surface area (Å²) in [5, 5.41) is 1.02. The number of likely N-dealkylation sites (tertiary alicyclic amines) is 1. The first kappa shape index (κ1) is 17.3. The lowest BCUT2D eigenvalue weighted by molar-refractivity contribution is 0.186. The van der Waals surface area contributed by atoms with Gasteiger partial charge >= 0.3 is 0 Å². The van der Waals surface area contributed by atoms with Crippen molar-refractivity contribution >= 4 is 20.9 Å². The molecule has 1 saturated heterocycles. The number of aromatic nitrogens is 1. The average Bonchev–Trinajstić information content (AvgIpc) is 3.04. The number of para-hydroxylation sites is 1. The molecule has 0 unspecified atom stereocenters. The van der Waals surface area contributed by atoms with Crippen LogP contribution in [0.4, 0.5) is 0 Å². The van der Waals surface area contributed by atoms with Gasteiger partial charge in [0.15, 0.2) is 0 Å². The number of nitrogens with zero attached hydrogens (tertiary/aromatic N) is 2. The van der Waals surface area contributed by atoms with E-state index in [1.54, 1.807) is 24.3 Å².